The molecule has 5 heteroatoms. The number of aromatic nitrogens is 2. The number of benzene rings is 1. The van der Waals surface area contributed by atoms with Crippen LogP contribution in [0.4, 0.5) is 4.79 Å². The van der Waals surface area contributed by atoms with Gasteiger partial charge in [-0.25, -0.2) is 4.79 Å². The van der Waals surface area contributed by atoms with E-state index >= 15 is 0 Å². The van der Waals surface area contributed by atoms with Crippen molar-refractivity contribution in [1.82, 2.24) is 14.9 Å². The van der Waals surface area contributed by atoms with Crippen LogP contribution in [0.3, 0.4) is 0 Å². The second-order valence-corrected chi connectivity index (χ2v) is 6.67. The molecule has 1 aliphatic heterocycles. The monoisotopic (exact) mass is 311 g/mol. The molecule has 5 nitrogen and oxygen atoms in total. The molecule has 0 saturated heterocycles. The number of ether oxygens (including phenoxy) is 1. The van der Waals surface area contributed by atoms with Crippen LogP contribution in [0, 0.1) is 0 Å². The molecule has 0 radical (unpaired) electrons. The topological polar surface area (TPSA) is 55.3 Å². The molecule has 2 aromatic rings. The van der Waals surface area contributed by atoms with Gasteiger partial charge in [-0.15, -0.1) is 0 Å². The van der Waals surface area contributed by atoms with Crippen molar-refractivity contribution in [3.63, 3.8) is 0 Å². The number of amides is 1. The Morgan fingerprint density at radius 2 is 1.91 bits per heavy atom. The first-order valence-electron chi connectivity index (χ1n) is 7.80. The van der Waals surface area contributed by atoms with E-state index in [2.05, 4.69) is 28.2 Å². The molecule has 1 amide bonds. The van der Waals surface area contributed by atoms with Gasteiger partial charge in [0.25, 0.3) is 0 Å². The summed E-state index contributed by atoms with van der Waals surface area (Å²) >= 11 is 0. The van der Waals surface area contributed by atoms with Gasteiger partial charge in [0.15, 0.2) is 0 Å². The van der Waals surface area contributed by atoms with Crippen LogP contribution in [0.2, 0.25) is 0 Å². The van der Waals surface area contributed by atoms with E-state index in [1.807, 2.05) is 26.8 Å². The minimum absolute atomic E-state index is 0.253. The molecule has 0 spiro atoms. The van der Waals surface area contributed by atoms with Crippen LogP contribution in [0.5, 0.6) is 0 Å². The predicted octanol–water partition coefficient (Wildman–Crippen LogP) is 3.65. The van der Waals surface area contributed by atoms with E-state index in [0.29, 0.717) is 13.1 Å². The highest BCUT2D eigenvalue weighted by molar-refractivity contribution is 5.81. The van der Waals surface area contributed by atoms with Crippen LogP contribution in [-0.4, -0.2) is 39.7 Å². The van der Waals surface area contributed by atoms with Crippen LogP contribution >= 0.6 is 0 Å². The van der Waals surface area contributed by atoms with E-state index in [9.17, 15) is 4.79 Å². The zero-order valence-corrected chi connectivity index (χ0v) is 13.7. The lowest BCUT2D eigenvalue weighted by Crippen LogP contribution is -2.39. The van der Waals surface area contributed by atoms with Crippen molar-refractivity contribution in [1.29, 1.82) is 0 Å². The van der Waals surface area contributed by atoms with Gasteiger partial charge in [0.05, 0.1) is 11.0 Å². The van der Waals surface area contributed by atoms with Crippen LogP contribution in [0.15, 0.2) is 36.7 Å². The summed E-state index contributed by atoms with van der Waals surface area (Å²) in [6, 6.07) is 6.10. The Hall–Kier alpha value is -2.43. The van der Waals surface area contributed by atoms with E-state index in [4.69, 9.17) is 4.74 Å². The van der Waals surface area contributed by atoms with E-state index in [0.717, 1.165) is 23.0 Å². The third-order valence-corrected chi connectivity index (χ3v) is 3.70. The van der Waals surface area contributed by atoms with E-state index in [-0.39, 0.29) is 6.09 Å². The van der Waals surface area contributed by atoms with Crippen molar-refractivity contribution in [2.75, 3.05) is 13.1 Å². The molecule has 1 aliphatic rings. The van der Waals surface area contributed by atoms with Gasteiger partial charge in [-0.3, -0.25) is 9.97 Å². The van der Waals surface area contributed by atoms with Crippen LogP contribution in [0.25, 0.3) is 16.6 Å². The first kappa shape index (κ1) is 15.5. The molecule has 0 N–H and O–H groups in total. The number of carbonyl (C=O) groups is 1. The molecule has 0 unspecified atom stereocenters. The Labute approximate surface area is 136 Å². The first-order chi connectivity index (χ1) is 10.9. The molecule has 23 heavy (non-hydrogen) atoms. The van der Waals surface area contributed by atoms with Gasteiger partial charge in [-0.05, 0) is 50.5 Å². The molecule has 0 fully saturated rings. The highest BCUT2D eigenvalue weighted by atomic mass is 16.6. The summed E-state index contributed by atoms with van der Waals surface area (Å²) in [4.78, 5) is 22.5. The van der Waals surface area contributed by atoms with Crippen molar-refractivity contribution in [2.24, 2.45) is 0 Å². The van der Waals surface area contributed by atoms with E-state index < -0.39 is 5.60 Å². The van der Waals surface area contributed by atoms with Crippen LogP contribution < -0.4 is 0 Å². The van der Waals surface area contributed by atoms with Crippen molar-refractivity contribution >= 4 is 22.7 Å². The zero-order chi connectivity index (χ0) is 16.4. The zero-order valence-electron chi connectivity index (χ0n) is 13.7. The molecule has 0 saturated carbocycles. The molecule has 1 aromatic heterocycles. The summed E-state index contributed by atoms with van der Waals surface area (Å²) in [6.45, 7) is 6.88. The second kappa shape index (κ2) is 5.99. The molecule has 3 rings (SSSR count). The number of fused-ring (bicyclic) bond motifs is 1. The van der Waals surface area contributed by atoms with Crippen molar-refractivity contribution in [3.05, 3.63) is 42.2 Å². The molecule has 0 bridgehead atoms. The summed E-state index contributed by atoms with van der Waals surface area (Å²) in [5.41, 5.74) is 3.70. The smallest absolute Gasteiger partial charge is 0.410 e. The van der Waals surface area contributed by atoms with E-state index in [1.165, 1.54) is 5.57 Å². The average molecular weight is 311 g/mol. The lowest BCUT2D eigenvalue weighted by molar-refractivity contribution is 0.0270. The Balaban J connectivity index is 1.74. The van der Waals surface area contributed by atoms with Gasteiger partial charge in [-0.2, -0.15) is 0 Å². The average Bonchev–Trinajstić information content (AvgIpc) is 2.53. The molecule has 2 heterocycles. The van der Waals surface area contributed by atoms with E-state index in [1.54, 1.807) is 17.3 Å². The molecular formula is C18H21N3O2. The summed E-state index contributed by atoms with van der Waals surface area (Å²) in [5, 5.41) is 0. The lowest BCUT2D eigenvalue weighted by Gasteiger charge is -2.29. The molecule has 1 aromatic carbocycles. The fraction of sp³-hybridized carbons (Fsp3) is 0.389. The number of hydrogen-bond donors (Lipinski definition) is 0. The van der Waals surface area contributed by atoms with Gasteiger partial charge < -0.3 is 9.64 Å². The maximum Gasteiger partial charge on any atom is 0.410 e. The fourth-order valence-electron chi connectivity index (χ4n) is 2.59. The SMILES string of the molecule is CC(C)(C)OC(=O)N1CC=C(c2ccc3nccnc3c2)CC1. The number of rotatable bonds is 1. The summed E-state index contributed by atoms with van der Waals surface area (Å²) in [6.07, 6.45) is 6.04. The minimum Gasteiger partial charge on any atom is -0.444 e. The number of hydrogen-bond acceptors (Lipinski definition) is 4. The quantitative estimate of drug-likeness (QED) is 0.806. The Bertz CT molecular complexity index is 762. The van der Waals surface area contributed by atoms with Gasteiger partial charge in [0.1, 0.15) is 5.60 Å². The van der Waals surface area contributed by atoms with Crippen LogP contribution in [0.1, 0.15) is 32.8 Å². The number of carbonyl (C=O) groups excluding carboxylic acids is 1. The maximum atomic E-state index is 12.1. The highest BCUT2D eigenvalue weighted by Crippen LogP contribution is 2.25. The van der Waals surface area contributed by atoms with Gasteiger partial charge in [0, 0.05) is 25.5 Å². The Morgan fingerprint density at radius 1 is 1.17 bits per heavy atom. The third kappa shape index (κ3) is 3.67. The largest absolute Gasteiger partial charge is 0.444 e. The Kier molecular flexibility index (Phi) is 4.03. The summed E-state index contributed by atoms with van der Waals surface area (Å²) in [5.74, 6) is 0. The molecule has 0 aliphatic carbocycles. The predicted molar refractivity (Wildman–Crippen MR) is 89.9 cm³/mol. The molecular weight excluding hydrogens is 290 g/mol. The maximum absolute atomic E-state index is 12.1. The number of nitrogens with zero attached hydrogens (tertiary/aromatic N) is 3. The van der Waals surface area contributed by atoms with Gasteiger partial charge >= 0.3 is 6.09 Å². The molecule has 0 atom stereocenters. The second-order valence-electron chi connectivity index (χ2n) is 6.67. The van der Waals surface area contributed by atoms with Gasteiger partial charge in [-0.1, -0.05) is 12.1 Å². The standard InChI is InChI=1S/C18H21N3O2/c1-18(2,3)23-17(22)21-10-6-13(7-11-21)14-4-5-15-16(12-14)20-9-8-19-15/h4-6,8-9,12H,7,10-11H2,1-3H3. The normalized spacial score (nSPS) is 15.4. The third-order valence-electron chi connectivity index (χ3n) is 3.70. The highest BCUT2D eigenvalue weighted by Gasteiger charge is 2.23. The Morgan fingerprint density at radius 3 is 2.57 bits per heavy atom. The fourth-order valence-corrected chi connectivity index (χ4v) is 2.59. The molecule has 120 valence electrons. The summed E-state index contributed by atoms with van der Waals surface area (Å²) < 4.78 is 5.42. The lowest BCUT2D eigenvalue weighted by atomic mass is 9.99. The van der Waals surface area contributed by atoms with Crippen molar-refractivity contribution in [3.8, 4) is 0 Å². The summed E-state index contributed by atoms with van der Waals surface area (Å²) in [7, 11) is 0. The van der Waals surface area contributed by atoms with Crippen LogP contribution in [-0.2, 0) is 4.74 Å². The van der Waals surface area contributed by atoms with Crippen molar-refractivity contribution in [2.45, 2.75) is 32.8 Å². The van der Waals surface area contributed by atoms with Crippen molar-refractivity contribution < 1.29 is 9.53 Å². The minimum atomic E-state index is -0.460. The first-order valence-corrected chi connectivity index (χ1v) is 7.80. The van der Waals surface area contributed by atoms with Gasteiger partial charge in [0.2, 0.25) is 0 Å².